The van der Waals surface area contributed by atoms with Crippen molar-refractivity contribution in [1.29, 1.82) is 0 Å². The highest BCUT2D eigenvalue weighted by molar-refractivity contribution is 7.61. The molecule has 6 atom stereocenters. The van der Waals surface area contributed by atoms with E-state index in [1.54, 1.807) is 0 Å². The fourth-order valence-corrected chi connectivity index (χ4v) is 5.49. The number of nitrogens with two attached hydrogens (primary N) is 1. The van der Waals surface area contributed by atoms with Crippen molar-refractivity contribution in [2.24, 2.45) is 0 Å². The van der Waals surface area contributed by atoms with Gasteiger partial charge in [-0.25, -0.2) is 24.1 Å². The maximum atomic E-state index is 12.1. The van der Waals surface area contributed by atoms with Gasteiger partial charge in [0.1, 0.15) is 24.1 Å². The Kier molecular flexibility index (Phi) is 6.68. The van der Waals surface area contributed by atoms with E-state index >= 15 is 0 Å². The number of anilines is 1. The van der Waals surface area contributed by atoms with Gasteiger partial charge in [-0.2, -0.15) is 4.31 Å². The minimum atomic E-state index is -5.45. The zero-order chi connectivity index (χ0) is 23.2. The second-order valence-corrected chi connectivity index (χ2v) is 10.6. The van der Waals surface area contributed by atoms with Gasteiger partial charge in [0.15, 0.2) is 30.3 Å². The molecule has 1 fully saturated rings. The third kappa shape index (κ3) is 5.71. The quantitative estimate of drug-likeness (QED) is 0.197. The van der Waals surface area contributed by atoms with Crippen molar-refractivity contribution in [3.63, 3.8) is 0 Å². The smallest absolute Gasteiger partial charge is 0.385 e. The molecule has 1 saturated heterocycles. The van der Waals surface area contributed by atoms with Crippen LogP contribution in [0.3, 0.4) is 0 Å². The molecule has 21 heteroatoms. The van der Waals surface area contributed by atoms with Crippen LogP contribution in [0.4, 0.5) is 5.82 Å². The van der Waals surface area contributed by atoms with E-state index in [-0.39, 0.29) is 17.0 Å². The van der Waals surface area contributed by atoms with Gasteiger partial charge in [0, 0.05) is 0 Å². The van der Waals surface area contributed by atoms with Gasteiger partial charge in [-0.1, -0.05) is 0 Å². The SMILES string of the molecule is Nc1ncnc2c1ncn2C1O[C@H](OP(=O)(O)COP(=O)(O)OP(=O)(O)O)[C@@H](O)[C@H]1O. The highest BCUT2D eigenvalue weighted by Crippen LogP contribution is 2.60. The fraction of sp³-hybridized carbons (Fsp3) is 0.500. The molecule has 18 nitrogen and oxygen atoms in total. The minimum absolute atomic E-state index is 0.0209. The lowest BCUT2D eigenvalue weighted by molar-refractivity contribution is -0.129. The number of aromatic nitrogens is 4. The van der Waals surface area contributed by atoms with Gasteiger partial charge in [0.05, 0.1) is 6.33 Å². The van der Waals surface area contributed by atoms with Gasteiger partial charge in [-0.05, 0) is 0 Å². The molecule has 8 N–H and O–H groups in total. The second-order valence-electron chi connectivity index (χ2n) is 6.00. The van der Waals surface area contributed by atoms with Crippen LogP contribution in [0.2, 0.25) is 0 Å². The van der Waals surface area contributed by atoms with E-state index in [2.05, 4.69) is 28.3 Å². The predicted octanol–water partition coefficient (Wildman–Crippen LogP) is -1.63. The molecule has 0 aliphatic carbocycles. The molecule has 3 unspecified atom stereocenters. The molecule has 2 aromatic rings. The molecule has 0 saturated carbocycles. The van der Waals surface area contributed by atoms with E-state index in [9.17, 15) is 28.8 Å². The Morgan fingerprint density at radius 1 is 1.10 bits per heavy atom. The molecule has 0 amide bonds. The molecule has 1 aliphatic rings. The minimum Gasteiger partial charge on any atom is -0.385 e. The third-order valence-electron chi connectivity index (χ3n) is 3.72. The first-order valence-corrected chi connectivity index (χ1v) is 12.7. The molecule has 2 aromatic heterocycles. The van der Waals surface area contributed by atoms with E-state index in [0.29, 0.717) is 0 Å². The monoisotopic (exact) mass is 507 g/mol. The molecule has 3 heterocycles. The summed E-state index contributed by atoms with van der Waals surface area (Å²) in [5.41, 5.74) is 5.92. The number of imidazole rings is 1. The Hall–Kier alpha value is -1.36. The molecule has 174 valence electrons. The molecule has 1 aliphatic heterocycles. The normalized spacial score (nSPS) is 28.5. The number of nitrogens with zero attached hydrogens (tertiary/aromatic N) is 4. The summed E-state index contributed by atoms with van der Waals surface area (Å²) >= 11 is 0. The van der Waals surface area contributed by atoms with Gasteiger partial charge in [0.2, 0.25) is 0 Å². The summed E-state index contributed by atoms with van der Waals surface area (Å²) in [4.78, 5) is 47.5. The van der Waals surface area contributed by atoms with Crippen LogP contribution in [0.25, 0.3) is 11.2 Å². The van der Waals surface area contributed by atoms with Gasteiger partial charge in [-0.15, -0.1) is 0 Å². The number of phosphoric acid groups is 2. The van der Waals surface area contributed by atoms with E-state index in [4.69, 9.17) is 25.2 Å². The van der Waals surface area contributed by atoms with Crippen LogP contribution in [0, 0.1) is 0 Å². The van der Waals surface area contributed by atoms with Gasteiger partial charge < -0.3 is 40.3 Å². The largest absolute Gasteiger partial charge is 0.481 e. The Bertz CT molecular complexity index is 1100. The van der Waals surface area contributed by atoms with Crippen molar-refractivity contribution in [2.75, 3.05) is 12.1 Å². The molecular weight excluding hydrogens is 491 g/mol. The van der Waals surface area contributed by atoms with Gasteiger partial charge in [-0.3, -0.25) is 18.2 Å². The third-order valence-corrected chi connectivity index (χ3v) is 7.05. The van der Waals surface area contributed by atoms with Crippen LogP contribution < -0.4 is 5.73 Å². The average Bonchev–Trinajstić information content (AvgIpc) is 3.16. The number of phosphoric ester groups is 1. The highest BCUT2D eigenvalue weighted by Gasteiger charge is 2.48. The summed E-state index contributed by atoms with van der Waals surface area (Å²) < 4.78 is 52.6. The molecule has 0 radical (unpaired) electrons. The first-order chi connectivity index (χ1) is 14.2. The molecule has 0 aromatic carbocycles. The summed E-state index contributed by atoms with van der Waals surface area (Å²) in [6.07, 6.45) is -6.24. The van der Waals surface area contributed by atoms with Crippen molar-refractivity contribution in [1.82, 2.24) is 19.5 Å². The highest BCUT2D eigenvalue weighted by atomic mass is 31.3. The molecule has 31 heavy (non-hydrogen) atoms. The van der Waals surface area contributed by atoms with Gasteiger partial charge >= 0.3 is 23.2 Å². The van der Waals surface area contributed by atoms with Crippen molar-refractivity contribution in [3.8, 4) is 0 Å². The number of aliphatic hydroxyl groups excluding tert-OH is 2. The number of nitrogen functional groups attached to an aromatic ring is 1. The first-order valence-electron chi connectivity index (χ1n) is 7.88. The Morgan fingerprint density at radius 3 is 2.42 bits per heavy atom. The predicted molar refractivity (Wildman–Crippen MR) is 95.5 cm³/mol. The maximum Gasteiger partial charge on any atom is 0.481 e. The Labute approximate surface area is 171 Å². The van der Waals surface area contributed by atoms with E-state index in [1.807, 2.05) is 0 Å². The average molecular weight is 507 g/mol. The lowest BCUT2D eigenvalue weighted by Gasteiger charge is -2.20. The van der Waals surface area contributed by atoms with E-state index in [0.717, 1.165) is 17.2 Å². The van der Waals surface area contributed by atoms with E-state index in [1.165, 1.54) is 0 Å². The van der Waals surface area contributed by atoms with Crippen molar-refractivity contribution < 1.29 is 61.6 Å². The summed E-state index contributed by atoms with van der Waals surface area (Å²) in [5.74, 6) is 0.0209. The van der Waals surface area contributed by atoms with Crippen LogP contribution >= 0.6 is 23.2 Å². The standard InChI is InChI=1S/C10H16N5O13P3/c11-7-4-8(13-1-12-7)15(2-14-4)9-5(16)6(17)10(26-9)27-29(18,19)3-25-31(23,24)28-30(20,21)22/h1-2,5-6,9-10,16-17H,3H2,(H,18,19)(H,23,24)(H2,11,12,13)(H2,20,21,22)/t5-,6+,9?,10-/m1/s1. The summed E-state index contributed by atoms with van der Waals surface area (Å²) in [6, 6.07) is 0. The maximum absolute atomic E-state index is 12.1. The Morgan fingerprint density at radius 2 is 1.77 bits per heavy atom. The number of aliphatic hydroxyl groups is 2. The first kappa shape index (κ1) is 24.3. The van der Waals surface area contributed by atoms with Crippen molar-refractivity contribution in [3.05, 3.63) is 12.7 Å². The number of ether oxygens (including phenoxy) is 1. The number of hydrogen-bond donors (Lipinski definition) is 7. The van der Waals surface area contributed by atoms with Gasteiger partial charge in [0.25, 0.3) is 0 Å². The van der Waals surface area contributed by atoms with Crippen LogP contribution in [-0.4, -0.2) is 74.2 Å². The van der Waals surface area contributed by atoms with Crippen LogP contribution in [0.5, 0.6) is 0 Å². The van der Waals surface area contributed by atoms with Crippen LogP contribution in [0.15, 0.2) is 12.7 Å². The molecule has 3 rings (SSSR count). The van der Waals surface area contributed by atoms with Crippen LogP contribution in [-0.2, 0) is 31.8 Å². The topological polar surface area (TPSA) is 279 Å². The Balaban J connectivity index is 1.71. The molecular formula is C10H16N5O13P3. The molecule has 0 bridgehead atoms. The zero-order valence-corrected chi connectivity index (χ0v) is 17.6. The number of hydrogen-bond acceptors (Lipinski definition) is 13. The second kappa shape index (κ2) is 8.53. The summed E-state index contributed by atoms with van der Waals surface area (Å²) in [7, 11) is -15.9. The van der Waals surface area contributed by atoms with Crippen molar-refractivity contribution >= 4 is 40.2 Å². The summed E-state index contributed by atoms with van der Waals surface area (Å²) in [6.45, 7) is 0. The lowest BCUT2D eigenvalue weighted by atomic mass is 10.2. The fourth-order valence-electron chi connectivity index (χ4n) is 2.50. The lowest BCUT2D eigenvalue weighted by Crippen LogP contribution is -2.32. The summed E-state index contributed by atoms with van der Waals surface area (Å²) in [5, 5.41) is 20.3. The van der Waals surface area contributed by atoms with Crippen molar-refractivity contribution in [2.45, 2.75) is 24.7 Å². The van der Waals surface area contributed by atoms with E-state index < -0.39 is 54.3 Å². The number of rotatable bonds is 8. The van der Waals surface area contributed by atoms with Crippen LogP contribution in [0.1, 0.15) is 6.23 Å². The zero-order valence-electron chi connectivity index (χ0n) is 14.9. The molecule has 0 spiro atoms. The number of fused-ring (bicyclic) bond motifs is 1.